The first kappa shape index (κ1) is 13.4. The van der Waals surface area contributed by atoms with Crippen LogP contribution in [0.2, 0.25) is 0 Å². The van der Waals surface area contributed by atoms with Crippen LogP contribution in [0.3, 0.4) is 0 Å². The van der Waals surface area contributed by atoms with E-state index in [4.69, 9.17) is 4.74 Å². The molecule has 0 unspecified atom stereocenters. The zero-order chi connectivity index (χ0) is 13.9. The Morgan fingerprint density at radius 2 is 2.30 bits per heavy atom. The second-order valence-corrected chi connectivity index (χ2v) is 6.04. The molecule has 1 aliphatic rings. The van der Waals surface area contributed by atoms with E-state index in [1.165, 1.54) is 10.4 Å². The molecule has 0 fully saturated rings. The molecule has 0 spiro atoms. The predicted molar refractivity (Wildman–Crippen MR) is 82.4 cm³/mol. The highest BCUT2D eigenvalue weighted by Crippen LogP contribution is 2.32. The maximum absolute atomic E-state index is 5.82. The summed E-state index contributed by atoms with van der Waals surface area (Å²) in [6.45, 7) is 5.49. The second-order valence-electron chi connectivity index (χ2n) is 5.10. The van der Waals surface area contributed by atoms with Crippen molar-refractivity contribution in [1.82, 2.24) is 9.88 Å². The Balaban J connectivity index is 1.73. The summed E-state index contributed by atoms with van der Waals surface area (Å²) in [5.41, 5.74) is 5.39. The van der Waals surface area contributed by atoms with Gasteiger partial charge >= 0.3 is 0 Å². The topological polar surface area (TPSA) is 37.4 Å². The second kappa shape index (κ2) is 5.81. The van der Waals surface area contributed by atoms with Crippen molar-refractivity contribution in [2.24, 2.45) is 0 Å². The molecule has 0 amide bonds. The number of fused-ring (bicyclic) bond motifs is 1. The number of para-hydroxylation sites is 1. The number of nitrogens with zero attached hydrogens (tertiary/aromatic N) is 2. The third kappa shape index (κ3) is 2.78. The number of hydrogen-bond acceptors (Lipinski definition) is 5. The van der Waals surface area contributed by atoms with Gasteiger partial charge in [-0.15, -0.1) is 11.3 Å². The van der Waals surface area contributed by atoms with Gasteiger partial charge in [-0.1, -0.05) is 12.1 Å². The number of anilines is 1. The normalized spacial score (nSPS) is 13.8. The first-order valence-electron chi connectivity index (χ1n) is 6.80. The van der Waals surface area contributed by atoms with Gasteiger partial charge in [0.05, 0.1) is 16.9 Å². The van der Waals surface area contributed by atoms with Gasteiger partial charge in [0.15, 0.2) is 0 Å². The van der Waals surface area contributed by atoms with Gasteiger partial charge in [-0.3, -0.25) is 4.90 Å². The van der Waals surface area contributed by atoms with E-state index >= 15 is 0 Å². The van der Waals surface area contributed by atoms with Crippen molar-refractivity contribution in [2.45, 2.75) is 20.0 Å². The molecule has 1 aromatic heterocycles. The van der Waals surface area contributed by atoms with E-state index in [2.05, 4.69) is 47.4 Å². The molecular formula is C15H19N3OS. The number of nitrogens with one attached hydrogen (secondary N) is 1. The van der Waals surface area contributed by atoms with Crippen molar-refractivity contribution in [3.63, 3.8) is 0 Å². The van der Waals surface area contributed by atoms with Gasteiger partial charge in [-0.25, -0.2) is 4.98 Å². The van der Waals surface area contributed by atoms with E-state index in [1.807, 2.05) is 5.51 Å². The van der Waals surface area contributed by atoms with Gasteiger partial charge in [-0.05, 0) is 20.0 Å². The molecular weight excluding hydrogens is 270 g/mol. The summed E-state index contributed by atoms with van der Waals surface area (Å²) < 4.78 is 5.82. The Morgan fingerprint density at radius 3 is 3.10 bits per heavy atom. The van der Waals surface area contributed by atoms with Crippen LogP contribution in [0.5, 0.6) is 5.75 Å². The van der Waals surface area contributed by atoms with Gasteiger partial charge in [0, 0.05) is 30.1 Å². The molecule has 20 heavy (non-hydrogen) atoms. The lowest BCUT2D eigenvalue weighted by Gasteiger charge is -2.24. The minimum absolute atomic E-state index is 0.738. The maximum atomic E-state index is 5.82. The Morgan fingerprint density at radius 1 is 1.40 bits per heavy atom. The highest BCUT2D eigenvalue weighted by Gasteiger charge is 2.15. The highest BCUT2D eigenvalue weighted by molar-refractivity contribution is 7.09. The van der Waals surface area contributed by atoms with Crippen LogP contribution >= 0.6 is 11.3 Å². The minimum atomic E-state index is 0.738. The zero-order valence-electron chi connectivity index (χ0n) is 11.8. The van der Waals surface area contributed by atoms with Gasteiger partial charge in [-0.2, -0.15) is 0 Å². The summed E-state index contributed by atoms with van der Waals surface area (Å²) in [5.74, 6) is 1.01. The standard InChI is InChI=1S/C15H19N3OS/c1-11-14(20-10-17-11)9-18(2)8-12-4-3-5-13-15(12)19-7-6-16-13/h3-5,10,16H,6-9H2,1-2H3. The van der Waals surface area contributed by atoms with Gasteiger partial charge < -0.3 is 10.1 Å². The van der Waals surface area contributed by atoms with Crippen LogP contribution in [0.4, 0.5) is 5.69 Å². The summed E-state index contributed by atoms with van der Waals surface area (Å²) in [5, 5.41) is 3.38. The van der Waals surface area contributed by atoms with Crippen LogP contribution < -0.4 is 10.1 Å². The summed E-state index contributed by atoms with van der Waals surface area (Å²) in [4.78, 5) is 7.93. The van der Waals surface area contributed by atoms with E-state index in [0.717, 1.165) is 43.4 Å². The number of hydrogen-bond donors (Lipinski definition) is 1. The molecule has 0 atom stereocenters. The molecule has 0 aliphatic carbocycles. The Hall–Kier alpha value is -1.59. The summed E-state index contributed by atoms with van der Waals surface area (Å²) in [6, 6.07) is 6.30. The average Bonchev–Trinajstić information content (AvgIpc) is 2.85. The molecule has 1 aromatic carbocycles. The fourth-order valence-electron chi connectivity index (χ4n) is 2.43. The molecule has 2 aromatic rings. The number of ether oxygens (including phenoxy) is 1. The molecule has 1 N–H and O–H groups in total. The maximum Gasteiger partial charge on any atom is 0.146 e. The highest BCUT2D eigenvalue weighted by atomic mass is 32.1. The molecule has 0 bridgehead atoms. The Bertz CT molecular complexity index is 597. The number of benzene rings is 1. The molecule has 106 valence electrons. The van der Waals surface area contributed by atoms with Crippen molar-refractivity contribution in [1.29, 1.82) is 0 Å². The van der Waals surface area contributed by atoms with Gasteiger partial charge in [0.2, 0.25) is 0 Å². The monoisotopic (exact) mass is 289 g/mol. The minimum Gasteiger partial charge on any atom is -0.489 e. The quantitative estimate of drug-likeness (QED) is 0.939. The number of rotatable bonds is 4. The summed E-state index contributed by atoms with van der Waals surface area (Å²) in [6.07, 6.45) is 0. The first-order valence-corrected chi connectivity index (χ1v) is 7.68. The Labute approximate surface area is 123 Å². The first-order chi connectivity index (χ1) is 9.74. The molecule has 3 rings (SSSR count). The smallest absolute Gasteiger partial charge is 0.146 e. The summed E-state index contributed by atoms with van der Waals surface area (Å²) in [7, 11) is 2.13. The fourth-order valence-corrected chi connectivity index (χ4v) is 3.28. The lowest BCUT2D eigenvalue weighted by atomic mass is 10.1. The largest absolute Gasteiger partial charge is 0.489 e. The van der Waals surface area contributed by atoms with E-state index in [-0.39, 0.29) is 0 Å². The molecule has 4 nitrogen and oxygen atoms in total. The Kier molecular flexibility index (Phi) is 3.89. The molecule has 0 radical (unpaired) electrons. The van der Waals surface area contributed by atoms with Crippen LogP contribution in [0, 0.1) is 6.92 Å². The van der Waals surface area contributed by atoms with Crippen molar-refractivity contribution in [3.05, 3.63) is 39.8 Å². The van der Waals surface area contributed by atoms with E-state index < -0.39 is 0 Å². The molecule has 5 heteroatoms. The third-order valence-electron chi connectivity index (χ3n) is 3.46. The van der Waals surface area contributed by atoms with Crippen LogP contribution in [0.1, 0.15) is 16.1 Å². The number of aryl methyl sites for hydroxylation is 1. The number of aromatic nitrogens is 1. The van der Waals surface area contributed by atoms with Crippen LogP contribution in [0.25, 0.3) is 0 Å². The SMILES string of the molecule is Cc1ncsc1CN(C)Cc1cccc2c1OCCN2. The van der Waals surface area contributed by atoms with Gasteiger partial charge in [0.1, 0.15) is 12.4 Å². The average molecular weight is 289 g/mol. The van der Waals surface area contributed by atoms with E-state index in [0.29, 0.717) is 0 Å². The third-order valence-corrected chi connectivity index (χ3v) is 4.38. The van der Waals surface area contributed by atoms with Gasteiger partial charge in [0.25, 0.3) is 0 Å². The van der Waals surface area contributed by atoms with E-state index in [1.54, 1.807) is 11.3 Å². The fraction of sp³-hybridized carbons (Fsp3) is 0.400. The van der Waals surface area contributed by atoms with Crippen LogP contribution in [0.15, 0.2) is 23.7 Å². The molecule has 0 saturated heterocycles. The molecule has 1 aliphatic heterocycles. The lowest BCUT2D eigenvalue weighted by Crippen LogP contribution is -2.22. The van der Waals surface area contributed by atoms with Crippen molar-refractivity contribution in [3.8, 4) is 5.75 Å². The summed E-state index contributed by atoms with van der Waals surface area (Å²) >= 11 is 1.72. The van der Waals surface area contributed by atoms with Crippen molar-refractivity contribution in [2.75, 3.05) is 25.5 Å². The molecule has 2 heterocycles. The predicted octanol–water partition coefficient (Wildman–Crippen LogP) is 2.89. The van der Waals surface area contributed by atoms with Crippen LogP contribution in [-0.4, -0.2) is 30.1 Å². The van der Waals surface area contributed by atoms with Crippen LogP contribution in [-0.2, 0) is 13.1 Å². The zero-order valence-corrected chi connectivity index (χ0v) is 12.7. The van der Waals surface area contributed by atoms with Crippen molar-refractivity contribution >= 4 is 17.0 Å². The number of thiazole rings is 1. The van der Waals surface area contributed by atoms with Crippen molar-refractivity contribution < 1.29 is 4.74 Å². The molecule has 0 saturated carbocycles. The lowest BCUT2D eigenvalue weighted by molar-refractivity contribution is 0.292. The van der Waals surface area contributed by atoms with E-state index in [9.17, 15) is 0 Å².